The van der Waals surface area contributed by atoms with Crippen molar-refractivity contribution in [3.63, 3.8) is 0 Å². The van der Waals surface area contributed by atoms with Crippen LogP contribution in [-0.4, -0.2) is 53.7 Å². The zero-order valence-corrected chi connectivity index (χ0v) is 28.4. The van der Waals surface area contributed by atoms with E-state index in [1.807, 2.05) is 24.9 Å². The van der Waals surface area contributed by atoms with Gasteiger partial charge in [-0.2, -0.15) is 0 Å². The predicted octanol–water partition coefficient (Wildman–Crippen LogP) is 7.59. The molecule has 2 atom stereocenters. The van der Waals surface area contributed by atoms with E-state index >= 15 is 4.39 Å². The van der Waals surface area contributed by atoms with Crippen LogP contribution >= 0.6 is 11.6 Å². The van der Waals surface area contributed by atoms with Gasteiger partial charge in [-0.05, 0) is 73.6 Å². The van der Waals surface area contributed by atoms with Crippen LogP contribution in [0.2, 0.25) is 5.02 Å². The predicted molar refractivity (Wildman–Crippen MR) is 184 cm³/mol. The number of sulfone groups is 1. The monoisotopic (exact) mass is 705 g/mol. The lowest BCUT2D eigenvalue weighted by Crippen LogP contribution is -2.50. The highest BCUT2D eigenvalue weighted by molar-refractivity contribution is 7.91. The first-order chi connectivity index (χ1) is 23.6. The van der Waals surface area contributed by atoms with Gasteiger partial charge in [0.2, 0.25) is 0 Å². The van der Waals surface area contributed by atoms with Crippen LogP contribution in [0, 0.1) is 11.6 Å². The molecule has 13 heteroatoms. The Morgan fingerprint density at radius 3 is 2.63 bits per heavy atom. The average Bonchev–Trinajstić information content (AvgIpc) is 3.58. The summed E-state index contributed by atoms with van der Waals surface area (Å²) >= 11 is 6.54. The summed E-state index contributed by atoms with van der Waals surface area (Å²) < 4.78 is 67.7. The Labute approximate surface area is 288 Å². The molecular formula is C36H34ClF2N5O4S. The smallest absolute Gasteiger partial charge is 0.196 e. The number of halogens is 3. The standard InChI is InChI=1S/C36H34ClF2N5O4S/c1-3-33(44(2)15-17-49(45,46)34-10-4-5-14-40-34)36(13-7-16-48-36)28-20-27-31(21-30(28)39)41-23-42-35(27)43-26-11-12-32(29(37)19-26)47-22-24-8-6-9-25(38)18-24/h4-12,14,16,18-21,23,33H,3,13,15,17,22H2,1-2H3,(H,41,42,43). The molecule has 2 unspecified atom stereocenters. The molecule has 254 valence electrons. The largest absolute Gasteiger partial charge is 0.488 e. The number of hydrogen-bond donors (Lipinski definition) is 1. The summed E-state index contributed by atoms with van der Waals surface area (Å²) in [7, 11) is -1.82. The topological polar surface area (TPSA) is 107 Å². The summed E-state index contributed by atoms with van der Waals surface area (Å²) in [6.07, 6.45) is 7.10. The average molecular weight is 706 g/mol. The van der Waals surface area contributed by atoms with E-state index in [-0.39, 0.29) is 29.7 Å². The number of anilines is 2. The molecule has 1 N–H and O–H groups in total. The molecule has 2 aromatic heterocycles. The molecule has 0 amide bonds. The van der Waals surface area contributed by atoms with Crippen molar-refractivity contribution < 1.29 is 26.7 Å². The van der Waals surface area contributed by atoms with E-state index in [0.29, 0.717) is 57.1 Å². The number of fused-ring (bicyclic) bond motifs is 1. The molecule has 49 heavy (non-hydrogen) atoms. The Hall–Kier alpha value is -4.65. The maximum atomic E-state index is 16.1. The number of hydrogen-bond acceptors (Lipinski definition) is 9. The zero-order chi connectivity index (χ0) is 34.6. The minimum absolute atomic E-state index is 0.0119. The van der Waals surface area contributed by atoms with Crippen LogP contribution < -0.4 is 10.1 Å². The summed E-state index contributed by atoms with van der Waals surface area (Å²) in [6, 6.07) is 18.7. The number of benzene rings is 3. The zero-order valence-electron chi connectivity index (χ0n) is 26.8. The molecule has 0 bridgehead atoms. The number of nitrogens with one attached hydrogen (secondary N) is 1. The third-order valence-corrected chi connectivity index (χ3v) is 10.5. The van der Waals surface area contributed by atoms with Crippen molar-refractivity contribution >= 4 is 43.8 Å². The van der Waals surface area contributed by atoms with Crippen LogP contribution in [-0.2, 0) is 26.8 Å². The van der Waals surface area contributed by atoms with Gasteiger partial charge >= 0.3 is 0 Å². The van der Waals surface area contributed by atoms with Crippen LogP contribution in [0.15, 0.2) is 103 Å². The van der Waals surface area contributed by atoms with Crippen LogP contribution in [0.1, 0.15) is 30.9 Å². The molecule has 1 aliphatic heterocycles. The fraction of sp³-hybridized carbons (Fsp3) is 0.250. The Morgan fingerprint density at radius 2 is 1.92 bits per heavy atom. The minimum Gasteiger partial charge on any atom is -0.488 e. The maximum Gasteiger partial charge on any atom is 0.196 e. The molecule has 0 radical (unpaired) electrons. The van der Waals surface area contributed by atoms with Crippen molar-refractivity contribution in [2.45, 2.75) is 43.0 Å². The lowest BCUT2D eigenvalue weighted by atomic mass is 9.81. The molecule has 5 aromatic rings. The fourth-order valence-corrected chi connectivity index (χ4v) is 7.66. The van der Waals surface area contributed by atoms with Crippen LogP contribution in [0.5, 0.6) is 5.75 Å². The first-order valence-corrected chi connectivity index (χ1v) is 17.7. The van der Waals surface area contributed by atoms with Gasteiger partial charge in [0.05, 0.1) is 28.6 Å². The highest BCUT2D eigenvalue weighted by atomic mass is 35.5. The van der Waals surface area contributed by atoms with Crippen molar-refractivity contribution in [2.75, 3.05) is 24.7 Å². The van der Waals surface area contributed by atoms with Gasteiger partial charge in [-0.3, -0.25) is 4.90 Å². The SMILES string of the molecule is CCC(N(C)CCS(=O)(=O)c1ccccn1)C1(c2cc3c(Nc4ccc(OCc5cccc(F)c5)c(Cl)c4)ncnc3cc2F)CC=CO1. The van der Waals surface area contributed by atoms with Crippen LogP contribution in [0.25, 0.3) is 10.9 Å². The summed E-state index contributed by atoms with van der Waals surface area (Å²) in [4.78, 5) is 14.7. The number of ether oxygens (including phenoxy) is 2. The number of pyridine rings is 1. The molecule has 0 saturated carbocycles. The highest BCUT2D eigenvalue weighted by Crippen LogP contribution is 2.44. The van der Waals surface area contributed by atoms with E-state index in [9.17, 15) is 12.8 Å². The lowest BCUT2D eigenvalue weighted by Gasteiger charge is -2.42. The number of rotatable bonds is 13. The first-order valence-electron chi connectivity index (χ1n) is 15.6. The van der Waals surface area contributed by atoms with E-state index in [4.69, 9.17) is 21.1 Å². The van der Waals surface area contributed by atoms with E-state index in [1.54, 1.807) is 54.8 Å². The quantitative estimate of drug-likeness (QED) is 0.133. The molecule has 0 aliphatic carbocycles. The van der Waals surface area contributed by atoms with Crippen molar-refractivity contribution in [3.8, 4) is 5.75 Å². The molecule has 9 nitrogen and oxygen atoms in total. The van der Waals surface area contributed by atoms with Gasteiger partial charge in [0.25, 0.3) is 0 Å². The Kier molecular flexibility index (Phi) is 10.1. The molecule has 3 heterocycles. The molecule has 0 fully saturated rings. The lowest BCUT2D eigenvalue weighted by molar-refractivity contribution is -0.0421. The van der Waals surface area contributed by atoms with Gasteiger partial charge in [-0.1, -0.05) is 36.7 Å². The fourth-order valence-electron chi connectivity index (χ4n) is 6.18. The minimum atomic E-state index is -3.64. The van der Waals surface area contributed by atoms with Crippen LogP contribution in [0.3, 0.4) is 0 Å². The van der Waals surface area contributed by atoms with E-state index in [1.165, 1.54) is 36.8 Å². The molecule has 3 aromatic carbocycles. The van der Waals surface area contributed by atoms with E-state index in [0.717, 1.165) is 0 Å². The van der Waals surface area contributed by atoms with Gasteiger partial charge in [-0.25, -0.2) is 32.2 Å². The first kappa shape index (κ1) is 34.2. The van der Waals surface area contributed by atoms with Gasteiger partial charge in [0.1, 0.15) is 36.1 Å². The number of nitrogens with zero attached hydrogens (tertiary/aromatic N) is 4. The highest BCUT2D eigenvalue weighted by Gasteiger charge is 2.46. The van der Waals surface area contributed by atoms with Crippen LogP contribution in [0.4, 0.5) is 20.3 Å². The summed E-state index contributed by atoms with van der Waals surface area (Å²) in [5.41, 5.74) is 0.798. The van der Waals surface area contributed by atoms with Gasteiger partial charge in [-0.15, -0.1) is 0 Å². The number of likely N-dealkylation sites (N-methyl/N-ethyl adjacent to an activating group) is 1. The Bertz CT molecular complexity index is 2090. The third kappa shape index (κ3) is 7.36. The Balaban J connectivity index is 1.26. The molecule has 0 spiro atoms. The van der Waals surface area contributed by atoms with Gasteiger partial charge in [0, 0.05) is 41.9 Å². The van der Waals surface area contributed by atoms with Gasteiger partial charge in [0.15, 0.2) is 20.5 Å². The second-order valence-electron chi connectivity index (χ2n) is 11.7. The normalized spacial score (nSPS) is 16.5. The van der Waals surface area contributed by atoms with Gasteiger partial charge < -0.3 is 14.8 Å². The molecule has 1 aliphatic rings. The third-order valence-electron chi connectivity index (χ3n) is 8.58. The summed E-state index contributed by atoms with van der Waals surface area (Å²) in [5, 5.41) is 4.15. The maximum absolute atomic E-state index is 16.1. The molecule has 6 rings (SSSR count). The second kappa shape index (κ2) is 14.5. The van der Waals surface area contributed by atoms with E-state index < -0.39 is 27.3 Å². The summed E-state index contributed by atoms with van der Waals surface area (Å²) in [5.74, 6) is -0.183. The van der Waals surface area contributed by atoms with Crippen molar-refractivity contribution in [1.29, 1.82) is 0 Å². The summed E-state index contributed by atoms with van der Waals surface area (Å²) in [6.45, 7) is 2.28. The molecule has 0 saturated heterocycles. The number of aromatic nitrogens is 3. The van der Waals surface area contributed by atoms with Crippen molar-refractivity contribution in [1.82, 2.24) is 19.9 Å². The van der Waals surface area contributed by atoms with E-state index in [2.05, 4.69) is 20.3 Å². The Morgan fingerprint density at radius 1 is 1.06 bits per heavy atom. The molecular weight excluding hydrogens is 672 g/mol. The second-order valence-corrected chi connectivity index (χ2v) is 14.2. The van der Waals surface area contributed by atoms with Crippen molar-refractivity contribution in [3.05, 3.63) is 125 Å². The van der Waals surface area contributed by atoms with Crippen molar-refractivity contribution in [2.24, 2.45) is 0 Å².